The third kappa shape index (κ3) is 3.14. The summed E-state index contributed by atoms with van der Waals surface area (Å²) in [4.78, 5) is 9.03. The van der Waals surface area contributed by atoms with Crippen LogP contribution in [0.4, 0.5) is 0 Å². The number of nitrogens with zero attached hydrogens (tertiary/aromatic N) is 4. The molecule has 0 aliphatic carbocycles. The van der Waals surface area contributed by atoms with E-state index in [0.29, 0.717) is 12.5 Å². The molecular formula is C23H18N4O2. The van der Waals surface area contributed by atoms with Crippen molar-refractivity contribution >= 4 is 21.9 Å². The molecule has 0 saturated heterocycles. The second-order valence-corrected chi connectivity index (χ2v) is 6.58. The van der Waals surface area contributed by atoms with Gasteiger partial charge >= 0.3 is 0 Å². The first-order valence-corrected chi connectivity index (χ1v) is 9.27. The van der Waals surface area contributed by atoms with Crippen LogP contribution in [0.15, 0.2) is 79.1 Å². The molecule has 6 nitrogen and oxygen atoms in total. The number of hydrogen-bond donors (Lipinski definition) is 0. The summed E-state index contributed by atoms with van der Waals surface area (Å²) in [6.07, 6.45) is 3.55. The summed E-state index contributed by atoms with van der Waals surface area (Å²) in [5.41, 5.74) is 4.28. The highest BCUT2D eigenvalue weighted by atomic mass is 16.5. The highest BCUT2D eigenvalue weighted by Crippen LogP contribution is 2.32. The number of methoxy groups -OCH3 is 1. The minimum absolute atomic E-state index is 0.401. The molecule has 5 aromatic rings. The van der Waals surface area contributed by atoms with Crippen LogP contribution in [0.2, 0.25) is 0 Å². The maximum absolute atomic E-state index is 6.25. The molecule has 0 saturated carbocycles. The number of rotatable bonds is 5. The van der Waals surface area contributed by atoms with Crippen molar-refractivity contribution in [3.05, 3.63) is 84.7 Å². The zero-order valence-electron chi connectivity index (χ0n) is 15.8. The average molecular weight is 382 g/mol. The van der Waals surface area contributed by atoms with Gasteiger partial charge in [-0.2, -0.15) is 9.78 Å². The van der Waals surface area contributed by atoms with Crippen LogP contribution >= 0.6 is 0 Å². The highest BCUT2D eigenvalue weighted by molar-refractivity contribution is 6.02. The summed E-state index contributed by atoms with van der Waals surface area (Å²) >= 11 is 0. The largest absolute Gasteiger partial charge is 0.497 e. The van der Waals surface area contributed by atoms with E-state index in [1.807, 2.05) is 71.4 Å². The van der Waals surface area contributed by atoms with Crippen LogP contribution < -0.4 is 9.47 Å². The third-order valence-electron chi connectivity index (χ3n) is 4.76. The molecule has 0 aliphatic rings. The molecule has 3 heterocycles. The van der Waals surface area contributed by atoms with Crippen LogP contribution in [0.5, 0.6) is 11.6 Å². The smallest absolute Gasteiger partial charge is 0.226 e. The lowest BCUT2D eigenvalue weighted by molar-refractivity contribution is 0.288. The SMILES string of the molecule is COc1ccc(COc2c3cnc4cccnc4c3nn2-c2ccccc2)cc1. The van der Waals surface area contributed by atoms with E-state index in [-0.39, 0.29) is 0 Å². The minimum atomic E-state index is 0.401. The second-order valence-electron chi connectivity index (χ2n) is 6.58. The van der Waals surface area contributed by atoms with E-state index in [4.69, 9.17) is 14.6 Å². The molecule has 2 aromatic carbocycles. The van der Waals surface area contributed by atoms with E-state index < -0.39 is 0 Å². The molecular weight excluding hydrogens is 364 g/mol. The van der Waals surface area contributed by atoms with Gasteiger partial charge in [-0.05, 0) is 42.0 Å². The number of para-hydroxylation sites is 1. The van der Waals surface area contributed by atoms with Gasteiger partial charge < -0.3 is 9.47 Å². The maximum atomic E-state index is 6.25. The Labute approximate surface area is 167 Å². The van der Waals surface area contributed by atoms with Crippen molar-refractivity contribution in [2.45, 2.75) is 6.61 Å². The van der Waals surface area contributed by atoms with Gasteiger partial charge in [-0.1, -0.05) is 30.3 Å². The van der Waals surface area contributed by atoms with Crippen molar-refractivity contribution in [2.75, 3.05) is 7.11 Å². The van der Waals surface area contributed by atoms with Gasteiger partial charge in [0.05, 0.1) is 23.7 Å². The maximum Gasteiger partial charge on any atom is 0.226 e. The van der Waals surface area contributed by atoms with Gasteiger partial charge in [0.25, 0.3) is 0 Å². The molecule has 0 spiro atoms. The van der Waals surface area contributed by atoms with Crippen LogP contribution in [0.1, 0.15) is 5.56 Å². The zero-order chi connectivity index (χ0) is 19.6. The Hall–Kier alpha value is -3.93. The highest BCUT2D eigenvalue weighted by Gasteiger charge is 2.18. The van der Waals surface area contributed by atoms with E-state index in [2.05, 4.69) is 9.97 Å². The normalized spacial score (nSPS) is 11.1. The molecule has 5 rings (SSSR count). The van der Waals surface area contributed by atoms with Crippen LogP contribution in [0, 0.1) is 0 Å². The number of pyridine rings is 2. The van der Waals surface area contributed by atoms with Crippen molar-refractivity contribution in [3.8, 4) is 17.3 Å². The Morgan fingerprint density at radius 3 is 2.48 bits per heavy atom. The van der Waals surface area contributed by atoms with E-state index in [1.165, 1.54) is 0 Å². The first-order chi connectivity index (χ1) is 14.3. The molecule has 0 N–H and O–H groups in total. The van der Waals surface area contributed by atoms with Crippen LogP contribution in [0.3, 0.4) is 0 Å². The van der Waals surface area contributed by atoms with Gasteiger partial charge in [-0.25, -0.2) is 0 Å². The first-order valence-electron chi connectivity index (χ1n) is 9.27. The summed E-state index contributed by atoms with van der Waals surface area (Å²) < 4.78 is 13.3. The lowest BCUT2D eigenvalue weighted by atomic mass is 10.2. The summed E-state index contributed by atoms with van der Waals surface area (Å²) in [5.74, 6) is 1.46. The Kier molecular flexibility index (Phi) is 4.29. The quantitative estimate of drug-likeness (QED) is 0.446. The van der Waals surface area contributed by atoms with Gasteiger partial charge in [-0.3, -0.25) is 9.97 Å². The topological polar surface area (TPSA) is 62.1 Å². The number of benzene rings is 2. The van der Waals surface area contributed by atoms with Crippen LogP contribution in [-0.4, -0.2) is 26.9 Å². The van der Waals surface area contributed by atoms with Crippen molar-refractivity contribution in [3.63, 3.8) is 0 Å². The van der Waals surface area contributed by atoms with Crippen molar-refractivity contribution in [1.82, 2.24) is 19.7 Å². The number of fused-ring (bicyclic) bond motifs is 3. The Balaban J connectivity index is 1.62. The first kappa shape index (κ1) is 17.2. The van der Waals surface area contributed by atoms with Crippen molar-refractivity contribution < 1.29 is 9.47 Å². The summed E-state index contributed by atoms with van der Waals surface area (Å²) in [5, 5.41) is 5.65. The summed E-state index contributed by atoms with van der Waals surface area (Å²) in [6, 6.07) is 21.5. The van der Waals surface area contributed by atoms with Gasteiger partial charge in [0, 0.05) is 12.4 Å². The predicted octanol–water partition coefficient (Wildman–Crippen LogP) is 4.56. The molecule has 29 heavy (non-hydrogen) atoms. The molecule has 0 radical (unpaired) electrons. The molecule has 0 aliphatic heterocycles. The molecule has 3 aromatic heterocycles. The van der Waals surface area contributed by atoms with Crippen molar-refractivity contribution in [2.24, 2.45) is 0 Å². The van der Waals surface area contributed by atoms with E-state index in [9.17, 15) is 0 Å². The molecule has 0 bridgehead atoms. The molecule has 142 valence electrons. The Bertz CT molecular complexity index is 1280. The fourth-order valence-electron chi connectivity index (χ4n) is 3.28. The number of aromatic nitrogens is 4. The number of hydrogen-bond acceptors (Lipinski definition) is 5. The Morgan fingerprint density at radius 1 is 0.862 bits per heavy atom. The molecule has 0 atom stereocenters. The van der Waals surface area contributed by atoms with E-state index in [0.717, 1.165) is 38.9 Å². The standard InChI is InChI=1S/C23H18N4O2/c1-28-18-11-9-16(10-12-18)15-29-23-19-14-25-20-8-5-13-24-22(20)21(19)26-27(23)17-6-3-2-4-7-17/h2-14H,15H2,1H3. The second kappa shape index (κ2) is 7.24. The third-order valence-corrected chi connectivity index (χ3v) is 4.76. The molecule has 0 unspecified atom stereocenters. The average Bonchev–Trinajstić information content (AvgIpc) is 3.17. The van der Waals surface area contributed by atoms with Crippen molar-refractivity contribution in [1.29, 1.82) is 0 Å². The predicted molar refractivity (Wildman–Crippen MR) is 111 cm³/mol. The van der Waals surface area contributed by atoms with Gasteiger partial charge in [-0.15, -0.1) is 0 Å². The molecule has 6 heteroatoms. The minimum Gasteiger partial charge on any atom is -0.497 e. The molecule has 0 amide bonds. The monoisotopic (exact) mass is 382 g/mol. The zero-order valence-corrected chi connectivity index (χ0v) is 15.8. The summed E-state index contributed by atoms with van der Waals surface area (Å²) in [6.45, 7) is 0.401. The number of ether oxygens (including phenoxy) is 2. The summed E-state index contributed by atoms with van der Waals surface area (Å²) in [7, 11) is 1.65. The van der Waals surface area contributed by atoms with Gasteiger partial charge in [0.15, 0.2) is 0 Å². The van der Waals surface area contributed by atoms with E-state index >= 15 is 0 Å². The van der Waals surface area contributed by atoms with Crippen LogP contribution in [-0.2, 0) is 6.61 Å². The van der Waals surface area contributed by atoms with Crippen LogP contribution in [0.25, 0.3) is 27.6 Å². The lowest BCUT2D eigenvalue weighted by Gasteiger charge is -2.10. The van der Waals surface area contributed by atoms with Gasteiger partial charge in [0.1, 0.15) is 23.4 Å². The fraction of sp³-hybridized carbons (Fsp3) is 0.0870. The van der Waals surface area contributed by atoms with E-state index in [1.54, 1.807) is 19.5 Å². The Morgan fingerprint density at radius 2 is 1.69 bits per heavy atom. The lowest BCUT2D eigenvalue weighted by Crippen LogP contribution is -2.03. The fourth-order valence-corrected chi connectivity index (χ4v) is 3.28. The van der Waals surface area contributed by atoms with Gasteiger partial charge in [0.2, 0.25) is 5.88 Å². The molecule has 0 fully saturated rings.